The van der Waals surface area contributed by atoms with Gasteiger partial charge in [-0.25, -0.2) is 4.79 Å². The predicted octanol–water partition coefficient (Wildman–Crippen LogP) is 1.31. The average molecular weight is 273 g/mol. The Bertz CT molecular complexity index is 308. The maximum Gasteiger partial charge on any atom is 0.333 e. The molecule has 0 aromatic carbocycles. The van der Waals surface area contributed by atoms with Gasteiger partial charge in [0.05, 0.1) is 11.7 Å². The number of amides is 1. The summed E-state index contributed by atoms with van der Waals surface area (Å²) in [5, 5.41) is 11.3. The zero-order valence-corrected chi connectivity index (χ0v) is 11.8. The Labute approximate surface area is 113 Å². The van der Waals surface area contributed by atoms with Crippen LogP contribution in [0.15, 0.2) is 12.2 Å². The van der Waals surface area contributed by atoms with Gasteiger partial charge in [0.15, 0.2) is 6.29 Å². The summed E-state index contributed by atoms with van der Waals surface area (Å²) in [4.78, 5) is 20.6. The van der Waals surface area contributed by atoms with E-state index in [1.54, 1.807) is 13.8 Å². The number of carboxylic acid groups (broad SMARTS) is 1. The van der Waals surface area contributed by atoms with E-state index in [2.05, 4.69) is 11.9 Å². The molecule has 1 fully saturated rings. The van der Waals surface area contributed by atoms with E-state index >= 15 is 0 Å². The van der Waals surface area contributed by atoms with Crippen LogP contribution in [-0.2, 0) is 19.1 Å². The summed E-state index contributed by atoms with van der Waals surface area (Å²) in [6, 6.07) is 0. The van der Waals surface area contributed by atoms with Gasteiger partial charge in [-0.15, -0.1) is 0 Å². The summed E-state index contributed by atoms with van der Waals surface area (Å²) >= 11 is 0. The van der Waals surface area contributed by atoms with Crippen molar-refractivity contribution in [3.8, 4) is 0 Å². The Hall–Kier alpha value is -1.40. The van der Waals surface area contributed by atoms with Crippen molar-refractivity contribution >= 4 is 11.9 Å². The predicted molar refractivity (Wildman–Crippen MR) is 70.7 cm³/mol. The summed E-state index contributed by atoms with van der Waals surface area (Å²) < 4.78 is 10.3. The summed E-state index contributed by atoms with van der Waals surface area (Å²) in [7, 11) is 0. The lowest BCUT2D eigenvalue weighted by atomic mass is 10.2. The second kappa shape index (κ2) is 9.52. The van der Waals surface area contributed by atoms with Crippen molar-refractivity contribution < 1.29 is 24.2 Å². The highest BCUT2D eigenvalue weighted by molar-refractivity contribution is 5.86. The topological polar surface area (TPSA) is 84.9 Å². The van der Waals surface area contributed by atoms with Crippen LogP contribution in [0.5, 0.6) is 0 Å². The van der Waals surface area contributed by atoms with E-state index in [4.69, 9.17) is 14.6 Å². The number of aliphatic carboxylic acids is 1. The van der Waals surface area contributed by atoms with Crippen molar-refractivity contribution in [2.75, 3.05) is 13.2 Å². The number of nitrogens with one attached hydrogen (secondary N) is 1. The Morgan fingerprint density at radius 1 is 1.53 bits per heavy atom. The largest absolute Gasteiger partial charge is 0.478 e. The quantitative estimate of drug-likeness (QED) is 0.563. The van der Waals surface area contributed by atoms with Crippen LogP contribution in [0.3, 0.4) is 0 Å². The van der Waals surface area contributed by atoms with Gasteiger partial charge in [0.2, 0.25) is 5.91 Å². The molecule has 2 atom stereocenters. The van der Waals surface area contributed by atoms with Gasteiger partial charge in [-0.2, -0.15) is 0 Å². The molecule has 0 aromatic rings. The highest BCUT2D eigenvalue weighted by Crippen LogP contribution is 2.07. The van der Waals surface area contributed by atoms with E-state index in [0.717, 1.165) is 19.4 Å². The van der Waals surface area contributed by atoms with Gasteiger partial charge in [-0.1, -0.05) is 6.58 Å². The first-order valence-corrected chi connectivity index (χ1v) is 6.34. The number of hydrogen-bond acceptors (Lipinski definition) is 4. The molecule has 2 unspecified atom stereocenters. The molecule has 6 heteroatoms. The smallest absolute Gasteiger partial charge is 0.333 e. The highest BCUT2D eigenvalue weighted by Gasteiger charge is 2.16. The van der Waals surface area contributed by atoms with E-state index in [1.807, 2.05) is 6.92 Å². The molecule has 1 saturated heterocycles. The minimum Gasteiger partial charge on any atom is -0.478 e. The van der Waals surface area contributed by atoms with Crippen molar-refractivity contribution in [1.82, 2.24) is 5.32 Å². The van der Waals surface area contributed by atoms with E-state index in [1.165, 1.54) is 0 Å². The number of carbonyl (C=O) groups excluding carboxylic acids is 1. The number of rotatable bonds is 6. The van der Waals surface area contributed by atoms with Crippen molar-refractivity contribution in [2.45, 2.75) is 46.0 Å². The third kappa shape index (κ3) is 8.34. The van der Waals surface area contributed by atoms with Crippen LogP contribution < -0.4 is 5.32 Å². The van der Waals surface area contributed by atoms with Gasteiger partial charge >= 0.3 is 5.97 Å². The van der Waals surface area contributed by atoms with Gasteiger partial charge in [0.25, 0.3) is 0 Å². The fraction of sp³-hybridized carbons (Fsp3) is 0.692. The first-order chi connectivity index (χ1) is 8.88. The minimum absolute atomic E-state index is 0.0338. The van der Waals surface area contributed by atoms with Crippen LogP contribution >= 0.6 is 0 Å². The summed E-state index contributed by atoms with van der Waals surface area (Å²) in [5.74, 6) is -0.841. The Kier molecular flexibility index (Phi) is 8.82. The summed E-state index contributed by atoms with van der Waals surface area (Å²) in [5.41, 5.74) is 0.0338. The Morgan fingerprint density at radius 2 is 2.16 bits per heavy atom. The molecule has 1 aliphatic rings. The fourth-order valence-electron chi connectivity index (χ4n) is 1.38. The van der Waals surface area contributed by atoms with Crippen molar-refractivity contribution in [3.63, 3.8) is 0 Å². The molecule has 2 N–H and O–H groups in total. The molecule has 110 valence electrons. The van der Waals surface area contributed by atoms with E-state index in [9.17, 15) is 9.59 Å². The first kappa shape index (κ1) is 17.6. The van der Waals surface area contributed by atoms with Gasteiger partial charge in [0, 0.05) is 19.6 Å². The van der Waals surface area contributed by atoms with Gasteiger partial charge in [-0.3, -0.25) is 4.79 Å². The molecule has 0 bridgehead atoms. The van der Waals surface area contributed by atoms with Crippen LogP contribution in [-0.4, -0.2) is 42.5 Å². The van der Waals surface area contributed by atoms with Crippen LogP contribution in [0.1, 0.15) is 33.6 Å². The molecule has 1 amide bonds. The molecule has 0 aromatic heterocycles. The maximum atomic E-state index is 10.5. The van der Waals surface area contributed by atoms with E-state index in [-0.39, 0.29) is 11.5 Å². The van der Waals surface area contributed by atoms with Crippen molar-refractivity contribution in [3.05, 3.63) is 12.2 Å². The normalized spacial score (nSPS) is 16.9. The van der Waals surface area contributed by atoms with Crippen LogP contribution in [0.2, 0.25) is 0 Å². The number of carbonyl (C=O) groups is 2. The molecule has 1 heterocycles. The zero-order chi connectivity index (χ0) is 14.8. The summed E-state index contributed by atoms with van der Waals surface area (Å²) in [6.07, 6.45) is 0.828. The first-order valence-electron chi connectivity index (χ1n) is 6.34. The molecule has 1 aliphatic heterocycles. The molecule has 6 nitrogen and oxygen atoms in total. The summed E-state index contributed by atoms with van der Waals surface area (Å²) in [6.45, 7) is 10.0. The minimum atomic E-state index is -1.05. The fourth-order valence-corrected chi connectivity index (χ4v) is 1.38. The van der Waals surface area contributed by atoms with Gasteiger partial charge in [0.1, 0.15) is 0 Å². The molecular formula is C13H23NO5. The Morgan fingerprint density at radius 3 is 2.47 bits per heavy atom. The lowest BCUT2D eigenvalue weighted by Gasteiger charge is -2.18. The van der Waals surface area contributed by atoms with Crippen LogP contribution in [0.25, 0.3) is 0 Å². The third-order valence-electron chi connectivity index (χ3n) is 2.47. The standard InChI is InChI=1S/C9H16O4.C4H7NO/c1-5-12-8(4)13-7(3)6(2)9(10)11;6-4-2-1-3-5-4/h7-8H,2,5H2,1,3-4H3,(H,10,11);1-3H2,(H,5,6). The van der Waals surface area contributed by atoms with E-state index < -0.39 is 18.4 Å². The third-order valence-corrected chi connectivity index (χ3v) is 2.47. The number of carboxylic acids is 1. The van der Waals surface area contributed by atoms with E-state index in [0.29, 0.717) is 6.61 Å². The van der Waals surface area contributed by atoms with Crippen LogP contribution in [0.4, 0.5) is 0 Å². The molecule has 0 saturated carbocycles. The lowest BCUT2D eigenvalue weighted by molar-refractivity contribution is -0.151. The number of hydrogen-bond donors (Lipinski definition) is 2. The molecule has 0 spiro atoms. The molecule has 0 aliphatic carbocycles. The maximum absolute atomic E-state index is 10.5. The number of ether oxygens (including phenoxy) is 2. The molecule has 1 rings (SSSR count). The molecule has 19 heavy (non-hydrogen) atoms. The van der Waals surface area contributed by atoms with Gasteiger partial charge in [-0.05, 0) is 27.2 Å². The highest BCUT2D eigenvalue weighted by atomic mass is 16.7. The zero-order valence-electron chi connectivity index (χ0n) is 11.8. The second-order valence-electron chi connectivity index (χ2n) is 4.09. The second-order valence-corrected chi connectivity index (χ2v) is 4.09. The molecular weight excluding hydrogens is 250 g/mol. The Balaban J connectivity index is 0.000000443. The van der Waals surface area contributed by atoms with Crippen LogP contribution in [0, 0.1) is 0 Å². The average Bonchev–Trinajstić information content (AvgIpc) is 2.80. The SMILES string of the molecule is C=C(C(=O)O)C(C)OC(C)OCC.O=C1CCCN1. The monoisotopic (exact) mass is 273 g/mol. The molecule has 0 radical (unpaired) electrons. The van der Waals surface area contributed by atoms with Gasteiger partial charge < -0.3 is 19.9 Å². The van der Waals surface area contributed by atoms with Crippen molar-refractivity contribution in [2.24, 2.45) is 0 Å². The lowest BCUT2D eigenvalue weighted by Crippen LogP contribution is -2.24. The van der Waals surface area contributed by atoms with Crippen molar-refractivity contribution in [1.29, 1.82) is 0 Å².